The fourth-order valence-corrected chi connectivity index (χ4v) is 1.57. The van der Waals surface area contributed by atoms with Crippen LogP contribution >= 0.6 is 11.5 Å². The molecule has 1 aromatic heterocycles. The van der Waals surface area contributed by atoms with Gasteiger partial charge in [0.15, 0.2) is 0 Å². The molecule has 0 aliphatic carbocycles. The highest BCUT2D eigenvalue weighted by Gasteiger charge is 1.93. The van der Waals surface area contributed by atoms with Crippen LogP contribution in [0.3, 0.4) is 0 Å². The normalized spacial score (nSPS) is 10.4. The van der Waals surface area contributed by atoms with Crippen molar-refractivity contribution in [2.24, 2.45) is 0 Å². The third-order valence-corrected chi connectivity index (χ3v) is 2.14. The van der Waals surface area contributed by atoms with E-state index in [0.29, 0.717) is 0 Å². The van der Waals surface area contributed by atoms with Crippen molar-refractivity contribution >= 4 is 27.3 Å². The highest BCUT2D eigenvalue weighted by molar-refractivity contribution is 7.13. The summed E-state index contributed by atoms with van der Waals surface area (Å²) in [6.45, 7) is 0. The van der Waals surface area contributed by atoms with E-state index in [2.05, 4.69) is 4.37 Å². The van der Waals surface area contributed by atoms with Crippen LogP contribution in [-0.2, 0) is 0 Å². The minimum atomic E-state index is 0.803. The van der Waals surface area contributed by atoms with E-state index in [1.807, 2.05) is 24.4 Å². The van der Waals surface area contributed by atoms with Crippen molar-refractivity contribution in [1.82, 2.24) is 4.37 Å². The molecule has 0 aliphatic heterocycles. The number of benzene rings is 1. The molecule has 0 unspecified atom stereocenters. The van der Waals surface area contributed by atoms with Gasteiger partial charge < -0.3 is 5.73 Å². The average molecular weight is 150 g/mol. The molecule has 2 N–H and O–H groups in total. The van der Waals surface area contributed by atoms with Crippen molar-refractivity contribution in [3.05, 3.63) is 24.4 Å². The highest BCUT2D eigenvalue weighted by Crippen LogP contribution is 2.19. The van der Waals surface area contributed by atoms with Crippen LogP contribution in [0, 0.1) is 0 Å². The second kappa shape index (κ2) is 1.95. The summed E-state index contributed by atoms with van der Waals surface area (Å²) >= 11 is 1.47. The van der Waals surface area contributed by atoms with Crippen molar-refractivity contribution in [2.45, 2.75) is 0 Å². The Hall–Kier alpha value is -1.09. The maximum absolute atomic E-state index is 5.56. The van der Waals surface area contributed by atoms with E-state index >= 15 is 0 Å². The Kier molecular flexibility index (Phi) is 1.11. The van der Waals surface area contributed by atoms with Gasteiger partial charge in [-0.1, -0.05) is 0 Å². The van der Waals surface area contributed by atoms with Gasteiger partial charge in [0.25, 0.3) is 0 Å². The summed E-state index contributed by atoms with van der Waals surface area (Å²) < 4.78 is 5.18. The molecule has 0 atom stereocenters. The fraction of sp³-hybridized carbons (Fsp3) is 0. The number of nitrogens with zero attached hydrogens (tertiary/aromatic N) is 1. The molecule has 2 rings (SSSR count). The number of rotatable bonds is 0. The molecule has 0 spiro atoms. The molecule has 0 radical (unpaired) electrons. The SMILES string of the molecule is Nc1ccc2cnsc2c1. The molecule has 0 fully saturated rings. The number of nitrogens with two attached hydrogens (primary N) is 1. The number of anilines is 1. The third kappa shape index (κ3) is 0.752. The summed E-state index contributed by atoms with van der Waals surface area (Å²) in [6, 6.07) is 5.80. The molecule has 3 heteroatoms. The highest BCUT2D eigenvalue weighted by atomic mass is 32.1. The Balaban J connectivity index is 2.86. The van der Waals surface area contributed by atoms with Crippen LogP contribution in [0.2, 0.25) is 0 Å². The van der Waals surface area contributed by atoms with Gasteiger partial charge in [-0.15, -0.1) is 0 Å². The molecule has 50 valence electrons. The van der Waals surface area contributed by atoms with E-state index in [1.165, 1.54) is 16.9 Å². The number of aromatic nitrogens is 1. The first-order valence-electron chi connectivity index (χ1n) is 2.96. The summed E-state index contributed by atoms with van der Waals surface area (Å²) in [5.74, 6) is 0. The first-order valence-corrected chi connectivity index (χ1v) is 3.73. The zero-order valence-corrected chi connectivity index (χ0v) is 6.06. The lowest BCUT2D eigenvalue weighted by molar-refractivity contribution is 1.61. The lowest BCUT2D eigenvalue weighted by Crippen LogP contribution is -1.80. The molecule has 0 bridgehead atoms. The van der Waals surface area contributed by atoms with E-state index in [9.17, 15) is 0 Å². The molecule has 2 aromatic rings. The summed E-state index contributed by atoms with van der Waals surface area (Å²) in [6.07, 6.45) is 1.85. The van der Waals surface area contributed by atoms with Crippen molar-refractivity contribution in [3.8, 4) is 0 Å². The fourth-order valence-electron chi connectivity index (χ4n) is 0.877. The zero-order valence-electron chi connectivity index (χ0n) is 5.24. The van der Waals surface area contributed by atoms with Crippen molar-refractivity contribution in [3.63, 3.8) is 0 Å². The van der Waals surface area contributed by atoms with Crippen molar-refractivity contribution < 1.29 is 0 Å². The lowest BCUT2D eigenvalue weighted by atomic mass is 10.2. The summed E-state index contributed by atoms with van der Waals surface area (Å²) in [7, 11) is 0. The number of fused-ring (bicyclic) bond motifs is 1. The number of nitrogen functional groups attached to an aromatic ring is 1. The minimum Gasteiger partial charge on any atom is -0.399 e. The standard InChI is InChI=1S/C7H6N2S/c8-6-2-1-5-4-9-10-7(5)3-6/h1-4H,8H2. The Morgan fingerprint density at radius 1 is 1.40 bits per heavy atom. The minimum absolute atomic E-state index is 0.803. The number of hydrogen-bond acceptors (Lipinski definition) is 3. The zero-order chi connectivity index (χ0) is 6.97. The Bertz CT molecular complexity index is 353. The molecule has 1 aromatic carbocycles. The quantitative estimate of drug-likeness (QED) is 0.582. The first kappa shape index (κ1) is 5.68. The maximum Gasteiger partial charge on any atom is 0.0570 e. The Labute approximate surface area is 62.5 Å². The molecule has 0 aliphatic rings. The lowest BCUT2D eigenvalue weighted by Gasteiger charge is -1.89. The smallest absolute Gasteiger partial charge is 0.0570 e. The summed E-state index contributed by atoms with van der Waals surface area (Å²) in [4.78, 5) is 0. The van der Waals surface area contributed by atoms with Gasteiger partial charge in [-0.05, 0) is 29.7 Å². The third-order valence-electron chi connectivity index (χ3n) is 1.38. The van der Waals surface area contributed by atoms with Crippen LogP contribution in [-0.4, -0.2) is 4.37 Å². The second-order valence-electron chi connectivity index (χ2n) is 2.12. The first-order chi connectivity index (χ1) is 4.86. The van der Waals surface area contributed by atoms with Gasteiger partial charge in [-0.3, -0.25) is 0 Å². The van der Waals surface area contributed by atoms with Gasteiger partial charge in [0, 0.05) is 17.3 Å². The molecule has 0 saturated carbocycles. The van der Waals surface area contributed by atoms with Crippen molar-refractivity contribution in [1.29, 1.82) is 0 Å². The van der Waals surface area contributed by atoms with Gasteiger partial charge in [0.2, 0.25) is 0 Å². The second-order valence-corrected chi connectivity index (χ2v) is 2.96. The van der Waals surface area contributed by atoms with Crippen LogP contribution < -0.4 is 5.73 Å². The Morgan fingerprint density at radius 3 is 3.20 bits per heavy atom. The monoisotopic (exact) mass is 150 g/mol. The molecular formula is C7H6N2S. The maximum atomic E-state index is 5.56. The van der Waals surface area contributed by atoms with E-state index < -0.39 is 0 Å². The predicted molar refractivity (Wildman–Crippen MR) is 44.0 cm³/mol. The summed E-state index contributed by atoms with van der Waals surface area (Å²) in [5.41, 5.74) is 6.36. The van der Waals surface area contributed by atoms with Crippen LogP contribution in [0.4, 0.5) is 5.69 Å². The van der Waals surface area contributed by atoms with E-state index in [4.69, 9.17) is 5.73 Å². The van der Waals surface area contributed by atoms with Crippen molar-refractivity contribution in [2.75, 3.05) is 5.73 Å². The van der Waals surface area contributed by atoms with Gasteiger partial charge >= 0.3 is 0 Å². The van der Waals surface area contributed by atoms with Gasteiger partial charge in [-0.2, -0.15) is 4.37 Å². The van der Waals surface area contributed by atoms with Gasteiger partial charge in [-0.25, -0.2) is 0 Å². The van der Waals surface area contributed by atoms with E-state index in [1.54, 1.807) is 0 Å². The molecule has 1 heterocycles. The topological polar surface area (TPSA) is 38.9 Å². The molecular weight excluding hydrogens is 144 g/mol. The summed E-state index contributed by atoms with van der Waals surface area (Å²) in [5, 5.41) is 1.17. The average Bonchev–Trinajstić information content (AvgIpc) is 2.33. The van der Waals surface area contributed by atoms with Gasteiger partial charge in [0.1, 0.15) is 0 Å². The molecule has 2 nitrogen and oxygen atoms in total. The number of hydrogen-bond donors (Lipinski definition) is 1. The largest absolute Gasteiger partial charge is 0.399 e. The molecule has 10 heavy (non-hydrogen) atoms. The van der Waals surface area contributed by atoms with E-state index in [-0.39, 0.29) is 0 Å². The predicted octanol–water partition coefficient (Wildman–Crippen LogP) is 1.88. The molecule has 0 saturated heterocycles. The van der Waals surface area contributed by atoms with Crippen LogP contribution in [0.25, 0.3) is 10.1 Å². The Morgan fingerprint density at radius 2 is 2.30 bits per heavy atom. The van der Waals surface area contributed by atoms with Crippen LogP contribution in [0.1, 0.15) is 0 Å². The van der Waals surface area contributed by atoms with Crippen LogP contribution in [0.15, 0.2) is 24.4 Å². The van der Waals surface area contributed by atoms with E-state index in [0.717, 1.165) is 10.4 Å². The molecule has 0 amide bonds. The van der Waals surface area contributed by atoms with Gasteiger partial charge in [0.05, 0.1) is 4.70 Å². The van der Waals surface area contributed by atoms with Crippen LogP contribution in [0.5, 0.6) is 0 Å².